The van der Waals surface area contributed by atoms with Gasteiger partial charge in [0.05, 0.1) is 0 Å². The van der Waals surface area contributed by atoms with Gasteiger partial charge in [0.15, 0.2) is 0 Å². The van der Waals surface area contributed by atoms with Crippen LogP contribution in [0, 0.1) is 5.82 Å². The summed E-state index contributed by atoms with van der Waals surface area (Å²) in [5.41, 5.74) is 1.50. The zero-order chi connectivity index (χ0) is 13.8. The third-order valence-electron chi connectivity index (χ3n) is 2.95. The smallest absolute Gasteiger partial charge is 0.127 e. The van der Waals surface area contributed by atoms with Crippen LogP contribution < -0.4 is 5.32 Å². The molecule has 0 bridgehead atoms. The Morgan fingerprint density at radius 3 is 2.84 bits per heavy atom. The van der Waals surface area contributed by atoms with Crippen molar-refractivity contribution in [1.29, 1.82) is 0 Å². The third kappa shape index (κ3) is 3.53. The van der Waals surface area contributed by atoms with E-state index in [1.54, 1.807) is 24.5 Å². The minimum Gasteiger partial charge on any atom is -0.313 e. The highest BCUT2D eigenvalue weighted by atomic mass is 79.9. The van der Waals surface area contributed by atoms with E-state index in [1.807, 2.05) is 13.1 Å². The van der Waals surface area contributed by atoms with Crippen molar-refractivity contribution in [3.05, 3.63) is 63.1 Å². The molecule has 100 valence electrons. The van der Waals surface area contributed by atoms with Crippen molar-refractivity contribution in [1.82, 2.24) is 10.3 Å². The topological polar surface area (TPSA) is 24.9 Å². The molecule has 2 aromatic rings. The van der Waals surface area contributed by atoms with Gasteiger partial charge in [-0.25, -0.2) is 4.39 Å². The lowest BCUT2D eigenvalue weighted by molar-refractivity contribution is 0.553. The number of benzene rings is 1. The van der Waals surface area contributed by atoms with Gasteiger partial charge in [0, 0.05) is 33.5 Å². The normalized spacial score (nSPS) is 12.4. The number of nitrogens with one attached hydrogen (secondary N) is 1. The lowest BCUT2D eigenvalue weighted by atomic mass is 10.00. The maximum absolute atomic E-state index is 13.8. The van der Waals surface area contributed by atoms with Gasteiger partial charge in [-0.3, -0.25) is 4.98 Å². The summed E-state index contributed by atoms with van der Waals surface area (Å²) in [5, 5.41) is 3.61. The monoisotopic (exact) mass is 342 g/mol. The van der Waals surface area contributed by atoms with Crippen molar-refractivity contribution < 1.29 is 4.39 Å². The highest BCUT2D eigenvalue weighted by Gasteiger charge is 2.15. The van der Waals surface area contributed by atoms with E-state index < -0.39 is 0 Å². The van der Waals surface area contributed by atoms with Crippen LogP contribution in [0.1, 0.15) is 17.2 Å². The van der Waals surface area contributed by atoms with Crippen LogP contribution in [-0.4, -0.2) is 12.0 Å². The minimum absolute atomic E-state index is 0.0422. The molecule has 0 saturated carbocycles. The van der Waals surface area contributed by atoms with Gasteiger partial charge in [0.2, 0.25) is 0 Å². The molecule has 0 spiro atoms. The second kappa shape index (κ2) is 6.46. The number of hydrogen-bond donors (Lipinski definition) is 1. The molecule has 1 aromatic carbocycles. The standard InChI is InChI=1S/C14H13BrClFN2/c1-18-14(9-5-10(15)8-19-7-9)6-11-12(16)3-2-4-13(11)17/h2-5,7-8,14,18H,6H2,1H3. The van der Waals surface area contributed by atoms with E-state index in [1.165, 1.54) is 6.07 Å². The first-order chi connectivity index (χ1) is 9.11. The van der Waals surface area contributed by atoms with Gasteiger partial charge in [0.25, 0.3) is 0 Å². The summed E-state index contributed by atoms with van der Waals surface area (Å²) < 4.78 is 14.7. The molecular weight excluding hydrogens is 331 g/mol. The third-order valence-corrected chi connectivity index (χ3v) is 3.73. The second-order valence-corrected chi connectivity index (χ2v) is 5.50. The Hall–Kier alpha value is -0.970. The van der Waals surface area contributed by atoms with Crippen LogP contribution in [0.25, 0.3) is 0 Å². The van der Waals surface area contributed by atoms with Crippen LogP contribution in [0.5, 0.6) is 0 Å². The SMILES string of the molecule is CNC(Cc1c(F)cccc1Cl)c1cncc(Br)c1. The zero-order valence-corrected chi connectivity index (χ0v) is 12.7. The van der Waals surface area contributed by atoms with Gasteiger partial charge in [-0.1, -0.05) is 17.7 Å². The molecule has 0 aliphatic carbocycles. The summed E-state index contributed by atoms with van der Waals surface area (Å²) in [7, 11) is 1.83. The number of aromatic nitrogens is 1. The summed E-state index contributed by atoms with van der Waals surface area (Å²) >= 11 is 9.44. The van der Waals surface area contributed by atoms with Crippen molar-refractivity contribution in [2.75, 3.05) is 7.05 Å². The molecule has 1 unspecified atom stereocenters. The molecule has 2 nitrogen and oxygen atoms in total. The van der Waals surface area contributed by atoms with Crippen molar-refractivity contribution in [2.24, 2.45) is 0 Å². The van der Waals surface area contributed by atoms with Gasteiger partial charge in [0.1, 0.15) is 5.82 Å². The molecule has 2 rings (SSSR count). The van der Waals surface area contributed by atoms with Crippen molar-refractivity contribution in [2.45, 2.75) is 12.5 Å². The maximum atomic E-state index is 13.8. The molecule has 1 atom stereocenters. The average molecular weight is 344 g/mol. The van der Waals surface area contributed by atoms with Crippen LogP contribution in [-0.2, 0) is 6.42 Å². The largest absolute Gasteiger partial charge is 0.313 e. The Bertz CT molecular complexity index is 557. The van der Waals surface area contributed by atoms with E-state index in [0.717, 1.165) is 10.0 Å². The molecule has 0 aliphatic heterocycles. The Balaban J connectivity index is 2.29. The van der Waals surface area contributed by atoms with Gasteiger partial charge in [-0.2, -0.15) is 0 Å². The summed E-state index contributed by atoms with van der Waals surface area (Å²) in [6.45, 7) is 0. The van der Waals surface area contributed by atoms with Gasteiger partial charge in [-0.15, -0.1) is 0 Å². The number of halogens is 3. The fourth-order valence-electron chi connectivity index (χ4n) is 1.94. The summed E-state index contributed by atoms with van der Waals surface area (Å²) in [6, 6.07) is 6.65. The Morgan fingerprint density at radius 2 is 2.21 bits per heavy atom. The van der Waals surface area contributed by atoms with E-state index in [-0.39, 0.29) is 11.9 Å². The average Bonchev–Trinajstić information content (AvgIpc) is 2.38. The van der Waals surface area contributed by atoms with Crippen molar-refractivity contribution in [3.8, 4) is 0 Å². The molecule has 0 fully saturated rings. The number of pyridine rings is 1. The molecule has 0 aliphatic rings. The van der Waals surface area contributed by atoms with E-state index in [4.69, 9.17) is 11.6 Å². The lowest BCUT2D eigenvalue weighted by Gasteiger charge is -2.17. The number of rotatable bonds is 4. The maximum Gasteiger partial charge on any atom is 0.127 e. The van der Waals surface area contributed by atoms with Crippen LogP contribution in [0.15, 0.2) is 41.1 Å². The summed E-state index contributed by atoms with van der Waals surface area (Å²) in [6.07, 6.45) is 3.95. The van der Waals surface area contributed by atoms with Crippen LogP contribution in [0.4, 0.5) is 4.39 Å². The highest BCUT2D eigenvalue weighted by Crippen LogP contribution is 2.26. The van der Waals surface area contributed by atoms with Gasteiger partial charge < -0.3 is 5.32 Å². The van der Waals surface area contributed by atoms with Gasteiger partial charge in [-0.05, 0) is 53.2 Å². The fourth-order valence-corrected chi connectivity index (χ4v) is 2.56. The Labute approximate surface area is 125 Å². The molecule has 0 saturated heterocycles. The van der Waals surface area contributed by atoms with Crippen LogP contribution in [0.2, 0.25) is 5.02 Å². The zero-order valence-electron chi connectivity index (χ0n) is 10.3. The Kier molecular flexibility index (Phi) is 4.91. The molecule has 5 heteroatoms. The van der Waals surface area contributed by atoms with Crippen LogP contribution in [0.3, 0.4) is 0 Å². The Morgan fingerprint density at radius 1 is 1.42 bits per heavy atom. The lowest BCUT2D eigenvalue weighted by Crippen LogP contribution is -2.19. The summed E-state index contributed by atoms with van der Waals surface area (Å²) in [4.78, 5) is 4.13. The highest BCUT2D eigenvalue weighted by molar-refractivity contribution is 9.10. The number of hydrogen-bond acceptors (Lipinski definition) is 2. The predicted octanol–water partition coefficient (Wildman–Crippen LogP) is 4.14. The minimum atomic E-state index is -0.282. The van der Waals surface area contributed by atoms with E-state index in [2.05, 4.69) is 26.2 Å². The first kappa shape index (κ1) is 14.4. The molecule has 19 heavy (non-hydrogen) atoms. The molecule has 1 aromatic heterocycles. The van der Waals surface area contributed by atoms with Crippen molar-refractivity contribution in [3.63, 3.8) is 0 Å². The number of likely N-dealkylation sites (N-methyl/N-ethyl adjacent to an activating group) is 1. The van der Waals surface area contributed by atoms with Gasteiger partial charge >= 0.3 is 0 Å². The molecule has 1 heterocycles. The molecular formula is C14H13BrClFN2. The number of nitrogens with zero attached hydrogens (tertiary/aromatic N) is 1. The second-order valence-electron chi connectivity index (χ2n) is 4.18. The predicted molar refractivity (Wildman–Crippen MR) is 78.9 cm³/mol. The van der Waals surface area contributed by atoms with E-state index >= 15 is 0 Å². The molecule has 0 amide bonds. The van der Waals surface area contributed by atoms with Crippen LogP contribution >= 0.6 is 27.5 Å². The van der Waals surface area contributed by atoms with Crippen molar-refractivity contribution >= 4 is 27.5 Å². The quantitative estimate of drug-likeness (QED) is 0.902. The fraction of sp³-hybridized carbons (Fsp3) is 0.214. The first-order valence-corrected chi connectivity index (χ1v) is 6.99. The summed E-state index contributed by atoms with van der Waals surface area (Å²) in [5.74, 6) is -0.282. The van der Waals surface area contributed by atoms with E-state index in [0.29, 0.717) is 17.0 Å². The first-order valence-electron chi connectivity index (χ1n) is 5.82. The molecule has 1 N–H and O–H groups in total. The molecule has 0 radical (unpaired) electrons. The van der Waals surface area contributed by atoms with E-state index in [9.17, 15) is 4.39 Å².